The minimum atomic E-state index is -0.233. The minimum Gasteiger partial charge on any atom is -0.480 e. The van der Waals surface area contributed by atoms with Gasteiger partial charge in [0, 0.05) is 24.4 Å². The molecule has 2 rings (SSSR count). The highest BCUT2D eigenvalue weighted by molar-refractivity contribution is 5.24. The Bertz CT molecular complexity index is 494. The van der Waals surface area contributed by atoms with Gasteiger partial charge in [-0.1, -0.05) is 0 Å². The van der Waals surface area contributed by atoms with Crippen molar-refractivity contribution in [2.45, 2.75) is 19.5 Å². The van der Waals surface area contributed by atoms with Gasteiger partial charge >= 0.3 is 0 Å². The number of rotatable bonds is 5. The van der Waals surface area contributed by atoms with E-state index in [1.165, 1.54) is 0 Å². The summed E-state index contributed by atoms with van der Waals surface area (Å²) in [5, 5.41) is 12.2. The van der Waals surface area contributed by atoms with Gasteiger partial charge in [0.05, 0.1) is 25.0 Å². The number of nitrogens with two attached hydrogens (primary N) is 1. The topological polar surface area (TPSA) is 90.9 Å². The molecule has 0 aromatic carbocycles. The van der Waals surface area contributed by atoms with Crippen molar-refractivity contribution in [1.82, 2.24) is 25.4 Å². The van der Waals surface area contributed by atoms with Gasteiger partial charge in [0.2, 0.25) is 5.88 Å². The van der Waals surface area contributed by atoms with Gasteiger partial charge in [-0.15, -0.1) is 10.2 Å². The lowest BCUT2D eigenvalue weighted by molar-refractivity contribution is 0.390. The normalized spacial score (nSPS) is 12.4. The summed E-state index contributed by atoms with van der Waals surface area (Å²) in [5.74, 6) is 6.04. The van der Waals surface area contributed by atoms with Crippen LogP contribution in [0, 0.1) is 0 Å². The van der Waals surface area contributed by atoms with Crippen molar-refractivity contribution < 1.29 is 4.74 Å². The second kappa shape index (κ2) is 5.56. The standard InChI is InChI=1S/C11H16N6O/c1-3-17-7-8(6-13-17)11(14-12)9-4-5-10(18-2)16-15-9/h4-7,11,14H,3,12H2,1-2H3. The SMILES string of the molecule is CCn1cc(C(NN)c2ccc(OC)nn2)cn1. The summed E-state index contributed by atoms with van der Waals surface area (Å²) >= 11 is 0. The maximum atomic E-state index is 5.57. The zero-order valence-electron chi connectivity index (χ0n) is 10.4. The molecule has 2 aromatic heterocycles. The number of ether oxygens (including phenoxy) is 1. The molecule has 0 amide bonds. The largest absolute Gasteiger partial charge is 0.480 e. The first kappa shape index (κ1) is 12.5. The summed E-state index contributed by atoms with van der Waals surface area (Å²) in [6.07, 6.45) is 3.69. The van der Waals surface area contributed by atoms with Crippen LogP contribution >= 0.6 is 0 Å². The lowest BCUT2D eigenvalue weighted by Gasteiger charge is -2.12. The number of aryl methyl sites for hydroxylation is 1. The van der Waals surface area contributed by atoms with E-state index < -0.39 is 0 Å². The van der Waals surface area contributed by atoms with Crippen LogP contribution in [0.4, 0.5) is 0 Å². The Balaban J connectivity index is 2.26. The van der Waals surface area contributed by atoms with Crippen molar-refractivity contribution >= 4 is 0 Å². The highest BCUT2D eigenvalue weighted by Gasteiger charge is 2.16. The van der Waals surface area contributed by atoms with Crippen molar-refractivity contribution in [2.24, 2.45) is 5.84 Å². The number of nitrogens with zero attached hydrogens (tertiary/aromatic N) is 4. The Morgan fingerprint density at radius 1 is 1.44 bits per heavy atom. The predicted molar refractivity (Wildman–Crippen MR) is 65.7 cm³/mol. The lowest BCUT2D eigenvalue weighted by atomic mass is 10.1. The van der Waals surface area contributed by atoms with Crippen LogP contribution in [0.2, 0.25) is 0 Å². The summed E-state index contributed by atoms with van der Waals surface area (Å²) in [5.41, 5.74) is 4.37. The lowest BCUT2D eigenvalue weighted by Crippen LogP contribution is -2.29. The fourth-order valence-corrected chi connectivity index (χ4v) is 1.65. The summed E-state index contributed by atoms with van der Waals surface area (Å²) in [6, 6.07) is 3.33. The molecule has 0 aliphatic heterocycles. The van der Waals surface area contributed by atoms with Crippen LogP contribution in [0.5, 0.6) is 5.88 Å². The minimum absolute atomic E-state index is 0.233. The fraction of sp³-hybridized carbons (Fsp3) is 0.364. The van der Waals surface area contributed by atoms with E-state index in [-0.39, 0.29) is 6.04 Å². The first-order chi connectivity index (χ1) is 8.78. The molecule has 18 heavy (non-hydrogen) atoms. The molecular weight excluding hydrogens is 232 g/mol. The summed E-state index contributed by atoms with van der Waals surface area (Å²) in [4.78, 5) is 0. The molecule has 0 radical (unpaired) electrons. The number of methoxy groups -OCH3 is 1. The maximum Gasteiger partial charge on any atom is 0.233 e. The van der Waals surface area contributed by atoms with Crippen LogP contribution in [0.15, 0.2) is 24.5 Å². The van der Waals surface area contributed by atoms with Crippen molar-refractivity contribution in [3.63, 3.8) is 0 Å². The van der Waals surface area contributed by atoms with E-state index in [1.54, 1.807) is 19.4 Å². The van der Waals surface area contributed by atoms with Crippen LogP contribution in [-0.4, -0.2) is 27.1 Å². The maximum absolute atomic E-state index is 5.57. The third kappa shape index (κ3) is 2.47. The van der Waals surface area contributed by atoms with Gasteiger partial charge < -0.3 is 4.74 Å². The molecule has 0 fully saturated rings. The quantitative estimate of drug-likeness (QED) is 0.582. The first-order valence-electron chi connectivity index (χ1n) is 5.64. The molecule has 0 bridgehead atoms. The van der Waals surface area contributed by atoms with Gasteiger partial charge in [-0.25, -0.2) is 5.43 Å². The Labute approximate surface area is 105 Å². The number of nitrogens with one attached hydrogen (secondary N) is 1. The monoisotopic (exact) mass is 248 g/mol. The Kier molecular flexibility index (Phi) is 3.85. The van der Waals surface area contributed by atoms with Gasteiger partial charge in [0.25, 0.3) is 0 Å². The molecule has 2 heterocycles. The number of aromatic nitrogens is 4. The molecule has 7 heteroatoms. The summed E-state index contributed by atoms with van der Waals surface area (Å²) < 4.78 is 6.80. The third-order valence-electron chi connectivity index (χ3n) is 2.64. The molecule has 0 spiro atoms. The molecule has 0 aliphatic rings. The van der Waals surface area contributed by atoms with Gasteiger partial charge in [0.15, 0.2) is 0 Å². The van der Waals surface area contributed by atoms with Gasteiger partial charge in [-0.2, -0.15) is 5.10 Å². The van der Waals surface area contributed by atoms with Gasteiger partial charge in [0.1, 0.15) is 0 Å². The number of hydrazine groups is 1. The van der Waals surface area contributed by atoms with Crippen molar-refractivity contribution in [1.29, 1.82) is 0 Å². The second-order valence-corrected chi connectivity index (χ2v) is 3.73. The zero-order valence-corrected chi connectivity index (χ0v) is 10.4. The molecule has 2 aromatic rings. The highest BCUT2D eigenvalue weighted by atomic mass is 16.5. The molecule has 1 atom stereocenters. The number of hydrogen-bond donors (Lipinski definition) is 2. The van der Waals surface area contributed by atoms with Crippen LogP contribution < -0.4 is 16.0 Å². The van der Waals surface area contributed by atoms with Crippen LogP contribution in [0.3, 0.4) is 0 Å². The molecule has 96 valence electrons. The molecule has 7 nitrogen and oxygen atoms in total. The van der Waals surface area contributed by atoms with Gasteiger partial charge in [-0.05, 0) is 13.0 Å². The molecule has 0 aliphatic carbocycles. The average molecular weight is 248 g/mol. The third-order valence-corrected chi connectivity index (χ3v) is 2.64. The van der Waals surface area contributed by atoms with Crippen molar-refractivity contribution in [3.05, 3.63) is 35.8 Å². The van der Waals surface area contributed by atoms with E-state index in [0.717, 1.165) is 12.1 Å². The Hall–Kier alpha value is -1.99. The molecule has 1 unspecified atom stereocenters. The van der Waals surface area contributed by atoms with E-state index in [0.29, 0.717) is 11.6 Å². The second-order valence-electron chi connectivity index (χ2n) is 3.73. The van der Waals surface area contributed by atoms with Crippen LogP contribution in [0.1, 0.15) is 24.2 Å². The van der Waals surface area contributed by atoms with Gasteiger partial charge in [-0.3, -0.25) is 10.5 Å². The van der Waals surface area contributed by atoms with E-state index >= 15 is 0 Å². The molecule has 0 saturated carbocycles. The Morgan fingerprint density at radius 3 is 2.78 bits per heavy atom. The average Bonchev–Trinajstić information content (AvgIpc) is 2.89. The zero-order chi connectivity index (χ0) is 13.0. The van der Waals surface area contributed by atoms with E-state index in [1.807, 2.05) is 23.9 Å². The molecule has 3 N–H and O–H groups in total. The Morgan fingerprint density at radius 2 is 2.28 bits per heavy atom. The van der Waals surface area contributed by atoms with Crippen molar-refractivity contribution in [3.8, 4) is 5.88 Å². The molecular formula is C11H16N6O. The predicted octanol–water partition coefficient (Wildman–Crippen LogP) is 0.254. The summed E-state index contributed by atoms with van der Waals surface area (Å²) in [6.45, 7) is 2.83. The van der Waals surface area contributed by atoms with Crippen molar-refractivity contribution in [2.75, 3.05) is 7.11 Å². The van der Waals surface area contributed by atoms with E-state index in [9.17, 15) is 0 Å². The molecule has 0 saturated heterocycles. The fourth-order valence-electron chi connectivity index (χ4n) is 1.65. The van der Waals surface area contributed by atoms with E-state index in [4.69, 9.17) is 10.6 Å². The number of hydrogen-bond acceptors (Lipinski definition) is 6. The van der Waals surface area contributed by atoms with Crippen LogP contribution in [0.25, 0.3) is 0 Å². The van der Waals surface area contributed by atoms with E-state index in [2.05, 4.69) is 20.7 Å². The first-order valence-corrected chi connectivity index (χ1v) is 5.64. The highest BCUT2D eigenvalue weighted by Crippen LogP contribution is 2.19. The smallest absolute Gasteiger partial charge is 0.233 e. The van der Waals surface area contributed by atoms with Crippen LogP contribution in [-0.2, 0) is 6.54 Å². The summed E-state index contributed by atoms with van der Waals surface area (Å²) in [7, 11) is 1.55.